The summed E-state index contributed by atoms with van der Waals surface area (Å²) in [5.74, 6) is 0.917. The fraction of sp³-hybridized carbons (Fsp3) is 0.278. The first-order valence-electron chi connectivity index (χ1n) is 7.46. The van der Waals surface area contributed by atoms with Gasteiger partial charge in [-0.25, -0.2) is 4.98 Å². The molecule has 0 aliphatic heterocycles. The zero-order chi connectivity index (χ0) is 15.9. The molecule has 1 atom stereocenters. The van der Waals surface area contributed by atoms with Crippen molar-refractivity contribution in [3.63, 3.8) is 0 Å². The van der Waals surface area contributed by atoms with Crippen LogP contribution in [0.1, 0.15) is 24.1 Å². The van der Waals surface area contributed by atoms with Crippen LogP contribution in [0.3, 0.4) is 0 Å². The Kier molecular flexibility index (Phi) is 3.94. The molecule has 2 aromatic carbocycles. The molecule has 0 saturated carbocycles. The summed E-state index contributed by atoms with van der Waals surface area (Å²) >= 11 is 6.15. The van der Waals surface area contributed by atoms with E-state index >= 15 is 0 Å². The first-order chi connectivity index (χ1) is 10.5. The summed E-state index contributed by atoms with van der Waals surface area (Å²) in [7, 11) is 0. The highest BCUT2D eigenvalue weighted by Crippen LogP contribution is 2.30. The van der Waals surface area contributed by atoms with Gasteiger partial charge in [0.1, 0.15) is 5.82 Å². The number of rotatable bonds is 3. The van der Waals surface area contributed by atoms with E-state index in [9.17, 15) is 0 Å². The van der Waals surface area contributed by atoms with Gasteiger partial charge >= 0.3 is 0 Å². The second kappa shape index (κ2) is 5.75. The van der Waals surface area contributed by atoms with Gasteiger partial charge in [-0.05, 0) is 56.2 Å². The van der Waals surface area contributed by atoms with Gasteiger partial charge in [0, 0.05) is 23.2 Å². The van der Waals surface area contributed by atoms with E-state index < -0.39 is 0 Å². The number of fused-ring (bicyclic) bond motifs is 1. The number of imidazole rings is 1. The number of halogens is 1. The van der Waals surface area contributed by atoms with Gasteiger partial charge in [0.2, 0.25) is 0 Å². The number of hydrogen-bond donors (Lipinski definition) is 1. The van der Waals surface area contributed by atoms with Gasteiger partial charge in [0.25, 0.3) is 0 Å². The second-order valence-corrected chi connectivity index (χ2v) is 6.26. The van der Waals surface area contributed by atoms with Crippen molar-refractivity contribution in [3.8, 4) is 11.4 Å². The summed E-state index contributed by atoms with van der Waals surface area (Å²) < 4.78 is 2.22. The molecule has 0 bridgehead atoms. The van der Waals surface area contributed by atoms with Crippen molar-refractivity contribution in [3.05, 3.63) is 52.5 Å². The van der Waals surface area contributed by atoms with Crippen molar-refractivity contribution in [2.75, 3.05) is 6.54 Å². The normalized spacial score (nSPS) is 12.8. The number of nitrogens with zero attached hydrogens (tertiary/aromatic N) is 2. The van der Waals surface area contributed by atoms with Gasteiger partial charge in [-0.3, -0.25) is 0 Å². The summed E-state index contributed by atoms with van der Waals surface area (Å²) in [6, 6.07) is 12.3. The highest BCUT2D eigenvalue weighted by molar-refractivity contribution is 6.30. The van der Waals surface area contributed by atoms with Gasteiger partial charge in [0.05, 0.1) is 11.0 Å². The number of aryl methyl sites for hydroxylation is 2. The average molecular weight is 314 g/mol. The van der Waals surface area contributed by atoms with Crippen LogP contribution in [0.15, 0.2) is 36.4 Å². The first-order valence-corrected chi connectivity index (χ1v) is 7.84. The number of hydrogen-bond acceptors (Lipinski definition) is 2. The summed E-state index contributed by atoms with van der Waals surface area (Å²) in [5.41, 5.74) is 11.6. The zero-order valence-corrected chi connectivity index (χ0v) is 13.9. The fourth-order valence-electron chi connectivity index (χ4n) is 2.73. The van der Waals surface area contributed by atoms with Gasteiger partial charge in [-0.15, -0.1) is 0 Å². The van der Waals surface area contributed by atoms with E-state index in [1.165, 1.54) is 11.1 Å². The Morgan fingerprint density at radius 1 is 1.18 bits per heavy atom. The summed E-state index contributed by atoms with van der Waals surface area (Å²) in [6.45, 7) is 6.91. The minimum atomic E-state index is 0.168. The summed E-state index contributed by atoms with van der Waals surface area (Å²) in [4.78, 5) is 4.84. The van der Waals surface area contributed by atoms with E-state index in [0.29, 0.717) is 11.6 Å². The van der Waals surface area contributed by atoms with Crippen molar-refractivity contribution in [1.29, 1.82) is 0 Å². The maximum absolute atomic E-state index is 6.15. The highest BCUT2D eigenvalue weighted by atomic mass is 35.5. The standard InChI is InChI=1S/C18H20ClN3/c1-11-7-16-17(8-12(11)2)22(13(3)10-20)18(21-16)14-5-4-6-15(19)9-14/h4-9,13H,10,20H2,1-3H3. The highest BCUT2D eigenvalue weighted by Gasteiger charge is 2.17. The van der Waals surface area contributed by atoms with Gasteiger partial charge in [-0.1, -0.05) is 23.7 Å². The third-order valence-corrected chi connectivity index (χ3v) is 4.40. The van der Waals surface area contributed by atoms with Gasteiger partial charge in [-0.2, -0.15) is 0 Å². The topological polar surface area (TPSA) is 43.8 Å². The lowest BCUT2D eigenvalue weighted by Crippen LogP contribution is -2.17. The van der Waals surface area contributed by atoms with E-state index in [1.807, 2.05) is 24.3 Å². The van der Waals surface area contributed by atoms with E-state index in [0.717, 1.165) is 22.4 Å². The number of nitrogens with two attached hydrogens (primary N) is 1. The van der Waals surface area contributed by atoms with Crippen LogP contribution in [-0.2, 0) is 0 Å². The lowest BCUT2D eigenvalue weighted by molar-refractivity contribution is 0.578. The molecule has 1 unspecified atom stereocenters. The molecule has 1 aromatic heterocycles. The molecule has 0 spiro atoms. The number of aromatic nitrogens is 2. The fourth-order valence-corrected chi connectivity index (χ4v) is 2.92. The molecule has 22 heavy (non-hydrogen) atoms. The lowest BCUT2D eigenvalue weighted by Gasteiger charge is -2.16. The zero-order valence-electron chi connectivity index (χ0n) is 13.1. The number of benzene rings is 2. The monoisotopic (exact) mass is 313 g/mol. The molecule has 2 N–H and O–H groups in total. The third-order valence-electron chi connectivity index (χ3n) is 4.17. The molecule has 0 aliphatic rings. The predicted octanol–water partition coefficient (Wildman–Crippen LogP) is 4.49. The van der Waals surface area contributed by atoms with Crippen LogP contribution < -0.4 is 5.73 Å². The van der Waals surface area contributed by atoms with Crippen molar-refractivity contribution in [2.45, 2.75) is 26.8 Å². The molecule has 3 aromatic rings. The molecule has 0 saturated heterocycles. The van der Waals surface area contributed by atoms with Crippen molar-refractivity contribution >= 4 is 22.6 Å². The van der Waals surface area contributed by atoms with E-state index in [4.69, 9.17) is 22.3 Å². The maximum atomic E-state index is 6.15. The van der Waals surface area contributed by atoms with Crippen LogP contribution in [0.25, 0.3) is 22.4 Å². The van der Waals surface area contributed by atoms with Crippen LogP contribution in [0.4, 0.5) is 0 Å². The molecular weight excluding hydrogens is 294 g/mol. The van der Waals surface area contributed by atoms with Crippen LogP contribution >= 0.6 is 11.6 Å². The van der Waals surface area contributed by atoms with E-state index in [2.05, 4.69) is 37.5 Å². The quantitative estimate of drug-likeness (QED) is 0.774. The largest absolute Gasteiger partial charge is 0.328 e. The molecular formula is C18H20ClN3. The van der Waals surface area contributed by atoms with Crippen molar-refractivity contribution in [1.82, 2.24) is 9.55 Å². The van der Waals surface area contributed by atoms with Crippen LogP contribution in [0, 0.1) is 13.8 Å². The Morgan fingerprint density at radius 2 is 1.91 bits per heavy atom. The Hall–Kier alpha value is -1.84. The van der Waals surface area contributed by atoms with Gasteiger partial charge in [0.15, 0.2) is 0 Å². The summed E-state index contributed by atoms with van der Waals surface area (Å²) in [6.07, 6.45) is 0. The molecule has 1 heterocycles. The molecule has 0 radical (unpaired) electrons. The molecule has 4 heteroatoms. The Morgan fingerprint density at radius 3 is 2.59 bits per heavy atom. The molecule has 3 nitrogen and oxygen atoms in total. The minimum Gasteiger partial charge on any atom is -0.328 e. The summed E-state index contributed by atoms with van der Waals surface area (Å²) in [5, 5.41) is 0.712. The first kappa shape index (κ1) is 15.1. The Labute approximate surface area is 135 Å². The van der Waals surface area contributed by atoms with E-state index in [-0.39, 0.29) is 6.04 Å². The maximum Gasteiger partial charge on any atom is 0.141 e. The second-order valence-electron chi connectivity index (χ2n) is 5.83. The molecule has 0 amide bonds. The average Bonchev–Trinajstić information content (AvgIpc) is 2.85. The smallest absolute Gasteiger partial charge is 0.141 e. The Bertz CT molecular complexity index is 836. The minimum absolute atomic E-state index is 0.168. The Balaban J connectivity index is 2.33. The molecule has 114 valence electrons. The van der Waals surface area contributed by atoms with Crippen LogP contribution in [-0.4, -0.2) is 16.1 Å². The van der Waals surface area contributed by atoms with Crippen molar-refractivity contribution < 1.29 is 0 Å². The van der Waals surface area contributed by atoms with Crippen LogP contribution in [0.5, 0.6) is 0 Å². The molecule has 0 fully saturated rings. The molecule has 3 rings (SSSR count). The van der Waals surface area contributed by atoms with E-state index in [1.54, 1.807) is 0 Å². The SMILES string of the molecule is Cc1cc2nc(-c3cccc(Cl)c3)n(C(C)CN)c2cc1C. The van der Waals surface area contributed by atoms with Crippen LogP contribution in [0.2, 0.25) is 5.02 Å². The third kappa shape index (κ3) is 2.51. The molecule has 0 aliphatic carbocycles. The van der Waals surface area contributed by atoms with Gasteiger partial charge < -0.3 is 10.3 Å². The predicted molar refractivity (Wildman–Crippen MR) is 93.4 cm³/mol. The lowest BCUT2D eigenvalue weighted by atomic mass is 10.1. The van der Waals surface area contributed by atoms with Crippen molar-refractivity contribution in [2.24, 2.45) is 5.73 Å².